The zero-order valence-electron chi connectivity index (χ0n) is 24.4. The molecule has 1 aliphatic rings. The maximum atomic E-state index is 13.2. The van der Waals surface area contributed by atoms with Crippen molar-refractivity contribution in [2.45, 2.75) is 45.1 Å². The Morgan fingerprint density at radius 3 is 2.50 bits per heavy atom. The zero-order chi connectivity index (χ0) is 29.6. The minimum absolute atomic E-state index is 0.211. The monoisotopic (exact) mass is 571 g/mol. The van der Waals surface area contributed by atoms with Crippen LogP contribution in [0.5, 0.6) is 11.6 Å². The van der Waals surface area contributed by atoms with Gasteiger partial charge in [-0.3, -0.25) is 14.6 Å². The van der Waals surface area contributed by atoms with Crippen molar-refractivity contribution in [2.24, 2.45) is 0 Å². The number of fused-ring (bicyclic) bond motifs is 1. The molecule has 5 rings (SSSR count). The molecular weight excluding hydrogens is 534 g/mol. The molecule has 1 atom stereocenters. The minimum atomic E-state index is -0.846. The number of carbonyl (C=O) groups excluding carboxylic acids is 1. The molecule has 1 aliphatic heterocycles. The third kappa shape index (κ3) is 6.76. The maximum absolute atomic E-state index is 13.2. The fourth-order valence-corrected chi connectivity index (χ4v) is 5.21. The molecule has 1 fully saturated rings. The molecule has 10 heteroatoms. The summed E-state index contributed by atoms with van der Waals surface area (Å²) < 4.78 is 11.7. The van der Waals surface area contributed by atoms with Gasteiger partial charge in [0, 0.05) is 44.1 Å². The Morgan fingerprint density at radius 2 is 1.79 bits per heavy atom. The molecule has 0 saturated carbocycles. The van der Waals surface area contributed by atoms with E-state index in [0.717, 1.165) is 60.8 Å². The Balaban J connectivity index is 1.34. The normalized spacial score (nSPS) is 14.6. The van der Waals surface area contributed by atoms with E-state index < -0.39 is 22.9 Å². The molecule has 42 heavy (non-hydrogen) atoms. The quantitative estimate of drug-likeness (QED) is 0.210. The molecule has 0 bridgehead atoms. The van der Waals surface area contributed by atoms with E-state index in [2.05, 4.69) is 15.3 Å². The average molecular weight is 572 g/mol. The Kier molecular flexibility index (Phi) is 9.12. The predicted molar refractivity (Wildman–Crippen MR) is 163 cm³/mol. The molecule has 2 aromatic heterocycles. The lowest BCUT2D eigenvalue weighted by molar-refractivity contribution is -0.144. The van der Waals surface area contributed by atoms with Gasteiger partial charge in [0.25, 0.3) is 10.9 Å². The number of carbonyl (C=O) groups is 1. The molecule has 0 radical (unpaired) electrons. The number of hydrogen-bond donors (Lipinski definition) is 1. The Labute approximate surface area is 245 Å². The van der Waals surface area contributed by atoms with Crippen LogP contribution in [0.1, 0.15) is 36.9 Å². The molecule has 0 amide bonds. The van der Waals surface area contributed by atoms with E-state index in [9.17, 15) is 14.4 Å². The average Bonchev–Trinajstić information content (AvgIpc) is 3.26. The van der Waals surface area contributed by atoms with Crippen LogP contribution >= 0.6 is 0 Å². The van der Waals surface area contributed by atoms with Gasteiger partial charge in [0.2, 0.25) is 5.88 Å². The molecule has 1 saturated heterocycles. The molecule has 4 aromatic rings. The van der Waals surface area contributed by atoms with Crippen LogP contribution in [0.2, 0.25) is 0 Å². The lowest BCUT2D eigenvalue weighted by Crippen LogP contribution is -2.46. The van der Waals surface area contributed by atoms with E-state index in [4.69, 9.17) is 9.47 Å². The van der Waals surface area contributed by atoms with E-state index in [-0.39, 0.29) is 18.7 Å². The van der Waals surface area contributed by atoms with E-state index in [1.807, 2.05) is 67.2 Å². The van der Waals surface area contributed by atoms with Gasteiger partial charge in [-0.15, -0.1) is 0 Å². The predicted octanol–water partition coefficient (Wildman–Crippen LogP) is 3.83. The lowest BCUT2D eigenvalue weighted by atomic mass is 10.0. The Bertz CT molecular complexity index is 1600. The SMILES string of the molecule is Cc1cc2ccncc2c(Oc2ccc(C[C@H](Nc3c(N4CCCCCC4)c(=O)c3=O)C(=O)OCCN(C)C)cc2)n1. The summed E-state index contributed by atoms with van der Waals surface area (Å²) in [6, 6.07) is 10.4. The molecule has 10 nitrogen and oxygen atoms in total. The van der Waals surface area contributed by atoms with Gasteiger partial charge in [0.1, 0.15) is 29.8 Å². The van der Waals surface area contributed by atoms with Crippen LogP contribution in [0.3, 0.4) is 0 Å². The summed E-state index contributed by atoms with van der Waals surface area (Å²) in [6.07, 6.45) is 7.85. The molecule has 220 valence electrons. The second kappa shape index (κ2) is 13.1. The van der Waals surface area contributed by atoms with E-state index in [1.54, 1.807) is 12.4 Å². The highest BCUT2D eigenvalue weighted by Crippen LogP contribution is 2.29. The number of nitrogens with one attached hydrogen (secondary N) is 1. The number of hydrogen-bond acceptors (Lipinski definition) is 10. The topological polar surface area (TPSA) is 114 Å². The number of anilines is 2. The summed E-state index contributed by atoms with van der Waals surface area (Å²) in [5.41, 5.74) is 1.19. The van der Waals surface area contributed by atoms with Crippen LogP contribution in [-0.4, -0.2) is 67.2 Å². The van der Waals surface area contributed by atoms with Gasteiger partial charge in [-0.25, -0.2) is 9.78 Å². The summed E-state index contributed by atoms with van der Waals surface area (Å²) in [6.45, 7) is 4.14. The second-order valence-electron chi connectivity index (χ2n) is 11.1. The van der Waals surface area contributed by atoms with Crippen molar-refractivity contribution in [1.29, 1.82) is 0 Å². The first-order valence-corrected chi connectivity index (χ1v) is 14.4. The Morgan fingerprint density at radius 1 is 1.05 bits per heavy atom. The van der Waals surface area contributed by atoms with Gasteiger partial charge in [0.05, 0.1) is 5.39 Å². The minimum Gasteiger partial charge on any atom is -0.463 e. The van der Waals surface area contributed by atoms with Crippen LogP contribution in [0.15, 0.2) is 58.4 Å². The molecular formula is C32H37N5O5. The number of aryl methyl sites for hydroxylation is 1. The molecule has 0 spiro atoms. The van der Waals surface area contributed by atoms with E-state index in [1.165, 1.54) is 0 Å². The number of pyridine rings is 2. The first-order valence-electron chi connectivity index (χ1n) is 14.4. The van der Waals surface area contributed by atoms with Gasteiger partial charge < -0.3 is 24.6 Å². The van der Waals surface area contributed by atoms with Gasteiger partial charge in [-0.05, 0) is 69.1 Å². The number of rotatable bonds is 11. The summed E-state index contributed by atoms with van der Waals surface area (Å²) in [4.78, 5) is 51.1. The lowest BCUT2D eigenvalue weighted by Gasteiger charge is -2.28. The van der Waals surface area contributed by atoms with Crippen molar-refractivity contribution >= 4 is 28.1 Å². The molecule has 2 aromatic carbocycles. The van der Waals surface area contributed by atoms with Crippen molar-refractivity contribution in [3.63, 3.8) is 0 Å². The molecule has 3 heterocycles. The van der Waals surface area contributed by atoms with Crippen molar-refractivity contribution < 1.29 is 14.3 Å². The third-order valence-electron chi connectivity index (χ3n) is 7.50. The highest BCUT2D eigenvalue weighted by atomic mass is 16.5. The molecule has 1 N–H and O–H groups in total. The first kappa shape index (κ1) is 29.2. The standard InChI is InChI=1S/C32H37N5O5/c1-21-18-23-12-13-33-20-25(23)31(34-21)42-24-10-8-22(9-11-24)19-26(32(40)41-17-16-36(2)3)35-27-28(30(39)29(27)38)37-14-6-4-5-7-15-37/h8-13,18,20,26,35H,4-7,14-17,19H2,1-3H3/t26-/m0/s1. The van der Waals surface area contributed by atoms with Gasteiger partial charge in [0.15, 0.2) is 0 Å². The van der Waals surface area contributed by atoms with E-state index >= 15 is 0 Å². The smallest absolute Gasteiger partial charge is 0.328 e. The Hall–Kier alpha value is -4.31. The molecule has 0 unspecified atom stereocenters. The first-order chi connectivity index (χ1) is 20.3. The highest BCUT2D eigenvalue weighted by molar-refractivity contribution is 5.86. The van der Waals surface area contributed by atoms with Crippen LogP contribution in [0.4, 0.5) is 11.4 Å². The summed E-state index contributed by atoms with van der Waals surface area (Å²) in [5, 5.41) is 4.90. The zero-order valence-corrected chi connectivity index (χ0v) is 24.4. The summed E-state index contributed by atoms with van der Waals surface area (Å²) >= 11 is 0. The van der Waals surface area contributed by atoms with Crippen molar-refractivity contribution in [2.75, 3.05) is 50.6 Å². The third-order valence-corrected chi connectivity index (χ3v) is 7.50. The summed E-state index contributed by atoms with van der Waals surface area (Å²) in [5.74, 6) is 0.581. The van der Waals surface area contributed by atoms with Crippen LogP contribution in [-0.2, 0) is 16.0 Å². The van der Waals surface area contributed by atoms with Crippen molar-refractivity contribution in [1.82, 2.24) is 14.9 Å². The van der Waals surface area contributed by atoms with Crippen molar-refractivity contribution in [3.8, 4) is 11.6 Å². The molecule has 0 aliphatic carbocycles. The number of esters is 1. The number of aromatic nitrogens is 2. The number of ether oxygens (including phenoxy) is 2. The largest absolute Gasteiger partial charge is 0.463 e. The van der Waals surface area contributed by atoms with Gasteiger partial charge in [-0.1, -0.05) is 25.0 Å². The maximum Gasteiger partial charge on any atom is 0.328 e. The fourth-order valence-electron chi connectivity index (χ4n) is 5.21. The van der Waals surface area contributed by atoms with Gasteiger partial charge in [-0.2, -0.15) is 0 Å². The summed E-state index contributed by atoms with van der Waals surface area (Å²) in [7, 11) is 3.80. The van der Waals surface area contributed by atoms with Crippen LogP contribution in [0, 0.1) is 6.92 Å². The van der Waals surface area contributed by atoms with E-state index in [0.29, 0.717) is 23.9 Å². The highest BCUT2D eigenvalue weighted by Gasteiger charge is 2.31. The fraction of sp³-hybridized carbons (Fsp3) is 0.406. The van der Waals surface area contributed by atoms with Crippen LogP contribution in [0.25, 0.3) is 10.8 Å². The number of benzene rings is 1. The number of likely N-dealkylation sites (N-methyl/N-ethyl adjacent to an activating group) is 1. The number of nitrogens with zero attached hydrogens (tertiary/aromatic N) is 4. The van der Waals surface area contributed by atoms with Crippen molar-refractivity contribution in [3.05, 3.63) is 80.5 Å². The van der Waals surface area contributed by atoms with Crippen LogP contribution < -0.4 is 25.8 Å². The second-order valence-corrected chi connectivity index (χ2v) is 11.1. The van der Waals surface area contributed by atoms with Gasteiger partial charge >= 0.3 is 5.97 Å².